The van der Waals surface area contributed by atoms with Gasteiger partial charge in [0, 0.05) is 19.5 Å². The first-order valence-corrected chi connectivity index (χ1v) is 10.2. The Morgan fingerprint density at radius 3 is 2.96 bits per heavy atom. The molecule has 3 rings (SSSR count). The van der Waals surface area contributed by atoms with Gasteiger partial charge in [0.05, 0.1) is 25.0 Å². The predicted octanol–water partition coefficient (Wildman–Crippen LogP) is 0.754. The largest absolute Gasteiger partial charge is 0.374 e. The number of aromatic amines is 1. The van der Waals surface area contributed by atoms with Crippen LogP contribution in [0.25, 0.3) is 0 Å². The molecule has 27 heavy (non-hydrogen) atoms. The van der Waals surface area contributed by atoms with Crippen molar-refractivity contribution in [2.75, 3.05) is 26.0 Å². The highest BCUT2D eigenvalue weighted by atomic mass is 32.2. The first-order chi connectivity index (χ1) is 13.2. The lowest BCUT2D eigenvalue weighted by atomic mass is 10.1. The van der Waals surface area contributed by atoms with E-state index in [9.17, 15) is 9.59 Å². The monoisotopic (exact) mass is 389 g/mol. The predicted molar refractivity (Wildman–Crippen MR) is 102 cm³/mol. The van der Waals surface area contributed by atoms with Crippen LogP contribution in [0, 0.1) is 0 Å². The van der Waals surface area contributed by atoms with Crippen molar-refractivity contribution in [2.45, 2.75) is 24.8 Å². The molecule has 144 valence electrons. The van der Waals surface area contributed by atoms with E-state index in [2.05, 4.69) is 20.5 Å². The van der Waals surface area contributed by atoms with E-state index in [1.807, 2.05) is 36.6 Å². The number of morpholine rings is 1. The van der Waals surface area contributed by atoms with E-state index in [1.165, 1.54) is 0 Å². The molecule has 1 saturated heterocycles. The first-order valence-electron chi connectivity index (χ1n) is 8.77. The van der Waals surface area contributed by atoms with Crippen LogP contribution in [0.1, 0.15) is 17.2 Å². The van der Waals surface area contributed by atoms with Crippen LogP contribution in [-0.2, 0) is 33.0 Å². The lowest BCUT2D eigenvalue weighted by Gasteiger charge is -2.32. The number of nitrogens with one attached hydrogen (secondary N) is 2. The highest BCUT2D eigenvalue weighted by Crippen LogP contribution is 2.12. The molecular weight excluding hydrogens is 366 g/mol. The second-order valence-electron chi connectivity index (χ2n) is 6.25. The lowest BCUT2D eigenvalue weighted by molar-refractivity contribution is -0.150. The van der Waals surface area contributed by atoms with E-state index in [4.69, 9.17) is 4.74 Å². The minimum atomic E-state index is -0.641. The van der Waals surface area contributed by atoms with Gasteiger partial charge in [0.15, 0.2) is 5.82 Å². The zero-order valence-electron chi connectivity index (χ0n) is 15.2. The fourth-order valence-corrected chi connectivity index (χ4v) is 3.28. The molecule has 1 fully saturated rings. The average molecular weight is 389 g/mol. The number of carbonyl (C=O) groups excluding carboxylic acids is 2. The maximum absolute atomic E-state index is 12.4. The number of benzene rings is 1. The topological polar surface area (TPSA) is 100 Å². The molecule has 0 aliphatic carbocycles. The molecule has 2 aromatic rings. The molecule has 2 amide bonds. The Balaban J connectivity index is 1.49. The molecule has 1 aromatic heterocycles. The number of ether oxygens (including phenoxy) is 1. The van der Waals surface area contributed by atoms with E-state index >= 15 is 0 Å². The molecule has 0 bridgehead atoms. The summed E-state index contributed by atoms with van der Waals surface area (Å²) in [6.07, 6.45) is 2.56. The van der Waals surface area contributed by atoms with E-state index < -0.39 is 11.8 Å². The fourth-order valence-electron chi connectivity index (χ4n) is 2.90. The molecule has 1 atom stereocenters. The first kappa shape index (κ1) is 19.4. The highest BCUT2D eigenvalue weighted by Gasteiger charge is 2.28. The Bertz CT molecular complexity index is 767. The summed E-state index contributed by atoms with van der Waals surface area (Å²) in [4.78, 5) is 30.4. The third-order valence-electron chi connectivity index (χ3n) is 4.19. The quantitative estimate of drug-likeness (QED) is 0.708. The van der Waals surface area contributed by atoms with Crippen molar-refractivity contribution in [3.05, 3.63) is 47.5 Å². The molecule has 0 saturated carbocycles. The second kappa shape index (κ2) is 9.52. The molecule has 0 spiro atoms. The second-order valence-corrected chi connectivity index (χ2v) is 7.11. The van der Waals surface area contributed by atoms with Crippen LogP contribution >= 0.6 is 11.8 Å². The molecule has 1 aromatic carbocycles. The van der Waals surface area contributed by atoms with Crippen LogP contribution in [0.4, 0.5) is 0 Å². The van der Waals surface area contributed by atoms with E-state index in [0.717, 1.165) is 5.56 Å². The van der Waals surface area contributed by atoms with Gasteiger partial charge in [-0.3, -0.25) is 14.7 Å². The van der Waals surface area contributed by atoms with Crippen LogP contribution in [0.15, 0.2) is 30.3 Å². The summed E-state index contributed by atoms with van der Waals surface area (Å²) in [7, 11) is 0. The number of rotatable bonds is 6. The number of carbonyl (C=O) groups is 2. The zero-order chi connectivity index (χ0) is 19.1. The van der Waals surface area contributed by atoms with Crippen LogP contribution < -0.4 is 5.32 Å². The van der Waals surface area contributed by atoms with Gasteiger partial charge in [-0.1, -0.05) is 30.3 Å². The number of hydrogen-bond acceptors (Lipinski definition) is 6. The SMILES string of the molecule is CSCc1n[nH]c(CNC(=O)C(=O)N2CCOC(Cc3ccccc3)C2)n1. The van der Waals surface area contributed by atoms with Crippen LogP contribution in [0.2, 0.25) is 0 Å². The van der Waals surface area contributed by atoms with Crippen molar-refractivity contribution in [2.24, 2.45) is 0 Å². The van der Waals surface area contributed by atoms with Gasteiger partial charge in [-0.25, -0.2) is 4.98 Å². The maximum Gasteiger partial charge on any atom is 0.312 e. The lowest BCUT2D eigenvalue weighted by Crippen LogP contribution is -2.51. The van der Waals surface area contributed by atoms with Gasteiger partial charge in [0.1, 0.15) is 5.82 Å². The molecule has 2 heterocycles. The number of thioether (sulfide) groups is 1. The molecule has 1 aliphatic rings. The van der Waals surface area contributed by atoms with Gasteiger partial charge >= 0.3 is 11.8 Å². The summed E-state index contributed by atoms with van der Waals surface area (Å²) in [5.41, 5.74) is 1.15. The minimum absolute atomic E-state index is 0.110. The van der Waals surface area contributed by atoms with Crippen LogP contribution in [0.5, 0.6) is 0 Å². The van der Waals surface area contributed by atoms with Crippen molar-refractivity contribution in [1.29, 1.82) is 0 Å². The smallest absolute Gasteiger partial charge is 0.312 e. The number of hydrogen-bond donors (Lipinski definition) is 2. The molecule has 1 unspecified atom stereocenters. The zero-order valence-corrected chi connectivity index (χ0v) is 16.0. The van der Waals surface area contributed by atoms with Crippen LogP contribution in [-0.4, -0.2) is 64.0 Å². The maximum atomic E-state index is 12.4. The Kier molecular flexibility index (Phi) is 6.83. The molecule has 9 heteroatoms. The minimum Gasteiger partial charge on any atom is -0.374 e. The summed E-state index contributed by atoms with van der Waals surface area (Å²) >= 11 is 1.61. The van der Waals surface area contributed by atoms with Gasteiger partial charge < -0.3 is 15.0 Å². The van der Waals surface area contributed by atoms with Gasteiger partial charge in [0.25, 0.3) is 0 Å². The number of aromatic nitrogens is 3. The van der Waals surface area contributed by atoms with Gasteiger partial charge in [-0.05, 0) is 11.8 Å². The van der Waals surface area contributed by atoms with E-state index in [-0.39, 0.29) is 12.6 Å². The molecule has 8 nitrogen and oxygen atoms in total. The molecule has 0 radical (unpaired) electrons. The summed E-state index contributed by atoms with van der Waals surface area (Å²) in [5.74, 6) is 0.720. The average Bonchev–Trinajstić information content (AvgIpc) is 3.14. The third-order valence-corrected chi connectivity index (χ3v) is 4.74. The van der Waals surface area contributed by atoms with E-state index in [1.54, 1.807) is 16.7 Å². The Labute approximate surface area is 162 Å². The summed E-state index contributed by atoms with van der Waals surface area (Å²) in [6, 6.07) is 9.97. The Morgan fingerprint density at radius 2 is 2.19 bits per heavy atom. The Morgan fingerprint density at radius 1 is 1.37 bits per heavy atom. The van der Waals surface area contributed by atoms with Crippen molar-refractivity contribution < 1.29 is 14.3 Å². The molecule has 2 N–H and O–H groups in total. The van der Waals surface area contributed by atoms with Gasteiger partial charge in [0.2, 0.25) is 0 Å². The van der Waals surface area contributed by atoms with Crippen molar-refractivity contribution in [3.8, 4) is 0 Å². The standard InChI is InChI=1S/C18H23N5O3S/c1-27-12-16-20-15(21-22-16)10-19-17(24)18(25)23-7-8-26-14(11-23)9-13-5-3-2-4-6-13/h2-6,14H,7-12H2,1H3,(H,19,24)(H,20,21,22). The summed E-state index contributed by atoms with van der Waals surface area (Å²) in [5, 5.41) is 9.42. The van der Waals surface area contributed by atoms with Crippen LogP contribution in [0.3, 0.4) is 0 Å². The number of H-pyrrole nitrogens is 1. The molecule has 1 aliphatic heterocycles. The van der Waals surface area contributed by atoms with Crippen molar-refractivity contribution in [3.63, 3.8) is 0 Å². The third kappa shape index (κ3) is 5.54. The number of nitrogens with zero attached hydrogens (tertiary/aromatic N) is 3. The van der Waals surface area contributed by atoms with Crippen molar-refractivity contribution in [1.82, 2.24) is 25.4 Å². The summed E-state index contributed by atoms with van der Waals surface area (Å²) < 4.78 is 5.75. The fraction of sp³-hybridized carbons (Fsp3) is 0.444. The molecular formula is C18H23N5O3S. The van der Waals surface area contributed by atoms with Gasteiger partial charge in [-0.15, -0.1) is 0 Å². The normalized spacial score (nSPS) is 16.9. The summed E-state index contributed by atoms with van der Waals surface area (Å²) in [6.45, 7) is 1.39. The van der Waals surface area contributed by atoms with Gasteiger partial charge in [-0.2, -0.15) is 16.9 Å². The van der Waals surface area contributed by atoms with Crippen molar-refractivity contribution >= 4 is 23.6 Å². The Hall–Kier alpha value is -2.39. The van der Waals surface area contributed by atoms with E-state index in [0.29, 0.717) is 43.5 Å². The highest BCUT2D eigenvalue weighted by molar-refractivity contribution is 7.97. The number of amides is 2.